The van der Waals surface area contributed by atoms with Gasteiger partial charge in [0.05, 0.1) is 5.39 Å². The van der Waals surface area contributed by atoms with Crippen LogP contribution in [0.15, 0.2) is 63.6 Å². The van der Waals surface area contributed by atoms with E-state index in [0.29, 0.717) is 28.5 Å². The monoisotopic (exact) mass is 334 g/mol. The molecule has 124 valence electrons. The van der Waals surface area contributed by atoms with Crippen LogP contribution in [0, 0.1) is 6.92 Å². The summed E-state index contributed by atoms with van der Waals surface area (Å²) in [5, 5.41) is 14.0. The first-order valence-electron chi connectivity index (χ1n) is 7.66. The van der Waals surface area contributed by atoms with E-state index in [4.69, 9.17) is 9.05 Å². The number of hydrogen-bond acceptors (Lipinski definition) is 5. The fraction of sp³-hybridized carbons (Fsp3) is 0.0556. The number of hydrogen-bond donors (Lipinski definition) is 2. The fourth-order valence-electron chi connectivity index (χ4n) is 2.53. The molecule has 0 radical (unpaired) electrons. The van der Waals surface area contributed by atoms with E-state index >= 15 is 0 Å². The first-order chi connectivity index (χ1) is 12.2. The van der Waals surface area contributed by atoms with Gasteiger partial charge in [-0.05, 0) is 19.1 Å². The highest BCUT2D eigenvalue weighted by molar-refractivity contribution is 6.05. The molecule has 0 spiro atoms. The number of urea groups is 1. The smallest absolute Gasteiger partial charge is 0.325 e. The zero-order valence-electron chi connectivity index (χ0n) is 13.3. The Balaban J connectivity index is 1.58. The molecule has 2 aromatic heterocycles. The van der Waals surface area contributed by atoms with Crippen molar-refractivity contribution in [2.75, 3.05) is 10.6 Å². The number of para-hydroxylation sites is 1. The molecule has 4 aromatic rings. The fourth-order valence-corrected chi connectivity index (χ4v) is 2.53. The van der Waals surface area contributed by atoms with Gasteiger partial charge in [0.1, 0.15) is 11.4 Å². The molecule has 0 saturated heterocycles. The third-order valence-electron chi connectivity index (χ3n) is 3.75. The highest BCUT2D eigenvalue weighted by atomic mass is 16.5. The number of rotatable bonds is 3. The maximum atomic E-state index is 12.4. The highest BCUT2D eigenvalue weighted by Gasteiger charge is 2.18. The summed E-state index contributed by atoms with van der Waals surface area (Å²) in [6.45, 7) is 1.76. The van der Waals surface area contributed by atoms with Gasteiger partial charge in [0.25, 0.3) is 0 Å². The van der Waals surface area contributed by atoms with Crippen LogP contribution in [-0.2, 0) is 0 Å². The number of carbonyl (C=O) groups is 1. The SMILES string of the molecule is Cc1noc(-c2ccccc2)c1NC(=O)Nc1noc2ccccc12. The van der Waals surface area contributed by atoms with E-state index in [1.807, 2.05) is 48.5 Å². The molecule has 7 heteroatoms. The zero-order chi connectivity index (χ0) is 17.2. The van der Waals surface area contributed by atoms with Gasteiger partial charge < -0.3 is 14.4 Å². The summed E-state index contributed by atoms with van der Waals surface area (Å²) < 4.78 is 10.5. The molecule has 0 aliphatic carbocycles. The molecule has 0 fully saturated rings. The van der Waals surface area contributed by atoms with Crippen LogP contribution in [0.2, 0.25) is 0 Å². The molecule has 2 heterocycles. The van der Waals surface area contributed by atoms with Crippen molar-refractivity contribution in [2.45, 2.75) is 6.92 Å². The minimum atomic E-state index is -0.456. The minimum Gasteiger partial charge on any atom is -0.354 e. The van der Waals surface area contributed by atoms with Crippen LogP contribution in [0.4, 0.5) is 16.3 Å². The van der Waals surface area contributed by atoms with Gasteiger partial charge in [-0.25, -0.2) is 4.79 Å². The van der Waals surface area contributed by atoms with E-state index in [-0.39, 0.29) is 0 Å². The van der Waals surface area contributed by atoms with Crippen LogP contribution < -0.4 is 10.6 Å². The Bertz CT molecular complexity index is 1040. The Morgan fingerprint density at radius 1 is 0.920 bits per heavy atom. The lowest BCUT2D eigenvalue weighted by molar-refractivity contribution is 0.262. The van der Waals surface area contributed by atoms with Crippen molar-refractivity contribution < 1.29 is 13.8 Å². The normalized spacial score (nSPS) is 10.8. The quantitative estimate of drug-likeness (QED) is 0.578. The van der Waals surface area contributed by atoms with Gasteiger partial charge in [0.15, 0.2) is 17.2 Å². The summed E-state index contributed by atoms with van der Waals surface area (Å²) in [4.78, 5) is 12.4. The summed E-state index contributed by atoms with van der Waals surface area (Å²) >= 11 is 0. The summed E-state index contributed by atoms with van der Waals surface area (Å²) in [5.74, 6) is 0.849. The molecule has 2 amide bonds. The van der Waals surface area contributed by atoms with E-state index in [2.05, 4.69) is 20.9 Å². The van der Waals surface area contributed by atoms with Crippen LogP contribution >= 0.6 is 0 Å². The van der Waals surface area contributed by atoms with Crippen molar-refractivity contribution in [3.05, 3.63) is 60.3 Å². The Morgan fingerprint density at radius 2 is 1.68 bits per heavy atom. The van der Waals surface area contributed by atoms with Crippen molar-refractivity contribution in [1.82, 2.24) is 10.3 Å². The molecular formula is C18H14N4O3. The van der Waals surface area contributed by atoms with E-state index in [1.165, 1.54) is 0 Å². The standard InChI is InChI=1S/C18H14N4O3/c1-11-15(16(25-21-11)12-7-3-2-4-8-12)19-18(23)20-17-13-9-5-6-10-14(13)24-22-17/h2-10H,1H3,(H2,19,20,22,23). The van der Waals surface area contributed by atoms with E-state index in [1.54, 1.807) is 13.0 Å². The van der Waals surface area contributed by atoms with Crippen LogP contribution in [0.25, 0.3) is 22.3 Å². The predicted molar refractivity (Wildman–Crippen MR) is 93.3 cm³/mol. The van der Waals surface area contributed by atoms with Crippen LogP contribution in [0.3, 0.4) is 0 Å². The molecule has 0 saturated carbocycles. The van der Waals surface area contributed by atoms with Crippen LogP contribution in [0.5, 0.6) is 0 Å². The lowest BCUT2D eigenvalue weighted by atomic mass is 10.1. The largest absolute Gasteiger partial charge is 0.354 e. The summed E-state index contributed by atoms with van der Waals surface area (Å²) in [5.41, 5.74) is 2.52. The molecule has 0 unspecified atom stereocenters. The van der Waals surface area contributed by atoms with Crippen LogP contribution in [-0.4, -0.2) is 16.3 Å². The number of nitrogens with one attached hydrogen (secondary N) is 2. The average Bonchev–Trinajstić information content (AvgIpc) is 3.20. The van der Waals surface area contributed by atoms with Gasteiger partial charge in [0.2, 0.25) is 0 Å². The number of aryl methyl sites for hydroxylation is 1. The van der Waals surface area contributed by atoms with Crippen LogP contribution in [0.1, 0.15) is 5.69 Å². The first kappa shape index (κ1) is 14.9. The molecule has 2 N–H and O–H groups in total. The second-order valence-corrected chi connectivity index (χ2v) is 5.44. The number of benzene rings is 2. The number of nitrogens with zero attached hydrogens (tertiary/aromatic N) is 2. The number of anilines is 2. The summed E-state index contributed by atoms with van der Waals surface area (Å²) in [6.07, 6.45) is 0. The summed E-state index contributed by atoms with van der Waals surface area (Å²) in [7, 11) is 0. The molecule has 7 nitrogen and oxygen atoms in total. The van der Waals surface area contributed by atoms with Crippen molar-refractivity contribution in [3.8, 4) is 11.3 Å². The Labute approximate surface area is 142 Å². The van der Waals surface area contributed by atoms with Gasteiger partial charge in [-0.2, -0.15) is 0 Å². The maximum Gasteiger partial charge on any atom is 0.325 e. The van der Waals surface area contributed by atoms with E-state index < -0.39 is 6.03 Å². The topological polar surface area (TPSA) is 93.2 Å². The Kier molecular flexibility index (Phi) is 3.66. The highest BCUT2D eigenvalue weighted by Crippen LogP contribution is 2.31. The Hall–Kier alpha value is -3.61. The van der Waals surface area contributed by atoms with Gasteiger partial charge in [0, 0.05) is 5.56 Å². The van der Waals surface area contributed by atoms with E-state index in [9.17, 15) is 4.79 Å². The third kappa shape index (κ3) is 2.83. The first-order valence-corrected chi connectivity index (χ1v) is 7.66. The van der Waals surface area contributed by atoms with Crippen molar-refractivity contribution >= 4 is 28.5 Å². The predicted octanol–water partition coefficient (Wildman–Crippen LogP) is 4.44. The van der Waals surface area contributed by atoms with Gasteiger partial charge in [-0.3, -0.25) is 5.32 Å². The molecule has 4 rings (SSSR count). The average molecular weight is 334 g/mol. The third-order valence-corrected chi connectivity index (χ3v) is 3.75. The molecule has 0 aliphatic rings. The second kappa shape index (κ2) is 6.12. The molecular weight excluding hydrogens is 320 g/mol. The molecule has 0 bridgehead atoms. The summed E-state index contributed by atoms with van der Waals surface area (Å²) in [6, 6.07) is 16.3. The number of aromatic nitrogens is 2. The lowest BCUT2D eigenvalue weighted by Crippen LogP contribution is -2.20. The van der Waals surface area contributed by atoms with E-state index in [0.717, 1.165) is 10.9 Å². The van der Waals surface area contributed by atoms with Crippen molar-refractivity contribution in [1.29, 1.82) is 0 Å². The second-order valence-electron chi connectivity index (χ2n) is 5.44. The minimum absolute atomic E-state index is 0.350. The van der Waals surface area contributed by atoms with Crippen molar-refractivity contribution in [2.24, 2.45) is 0 Å². The maximum absolute atomic E-state index is 12.4. The molecule has 0 atom stereocenters. The van der Waals surface area contributed by atoms with Gasteiger partial charge in [-0.15, -0.1) is 0 Å². The molecule has 25 heavy (non-hydrogen) atoms. The lowest BCUT2D eigenvalue weighted by Gasteiger charge is -2.06. The number of carbonyl (C=O) groups excluding carboxylic acids is 1. The molecule has 2 aromatic carbocycles. The Morgan fingerprint density at radius 3 is 2.52 bits per heavy atom. The zero-order valence-corrected chi connectivity index (χ0v) is 13.3. The molecule has 0 aliphatic heterocycles. The van der Waals surface area contributed by atoms with Gasteiger partial charge >= 0.3 is 6.03 Å². The number of amides is 2. The van der Waals surface area contributed by atoms with Crippen molar-refractivity contribution in [3.63, 3.8) is 0 Å². The number of fused-ring (bicyclic) bond motifs is 1. The van der Waals surface area contributed by atoms with Gasteiger partial charge in [-0.1, -0.05) is 52.8 Å².